The van der Waals surface area contributed by atoms with Crippen LogP contribution in [0, 0.1) is 6.92 Å². The normalized spacial score (nSPS) is 12.8. The van der Waals surface area contributed by atoms with Gasteiger partial charge in [-0.05, 0) is 37.6 Å². The van der Waals surface area contributed by atoms with Gasteiger partial charge in [-0.25, -0.2) is 0 Å². The molecule has 0 saturated heterocycles. The fraction of sp³-hybridized carbons (Fsp3) is 0.231. The van der Waals surface area contributed by atoms with Gasteiger partial charge in [0, 0.05) is 10.6 Å². The van der Waals surface area contributed by atoms with Crippen LogP contribution in [-0.4, -0.2) is 5.11 Å². The van der Waals surface area contributed by atoms with Crippen molar-refractivity contribution in [1.82, 2.24) is 0 Å². The molecule has 0 spiro atoms. The average Bonchev–Trinajstić information content (AvgIpc) is 2.71. The molecule has 2 rings (SSSR count). The molecule has 16 heavy (non-hydrogen) atoms. The molecule has 3 heteroatoms. The first-order chi connectivity index (χ1) is 7.59. The van der Waals surface area contributed by atoms with Gasteiger partial charge < -0.3 is 9.52 Å². The SMILES string of the molecule is Cc1c(Cl)cccc1-c1ccc(C(C)O)o1. The lowest BCUT2D eigenvalue weighted by atomic mass is 10.1. The standard InChI is InChI=1S/C13H13ClO2/c1-8-10(4-3-5-11(8)14)13-7-6-12(16-13)9(2)15/h3-7,9,15H,1-2H3. The topological polar surface area (TPSA) is 33.4 Å². The molecule has 1 aromatic carbocycles. The minimum atomic E-state index is -0.590. The maximum absolute atomic E-state index is 9.39. The Labute approximate surface area is 99.5 Å². The number of halogens is 1. The number of aliphatic hydroxyl groups is 1. The minimum Gasteiger partial charge on any atom is -0.458 e. The van der Waals surface area contributed by atoms with Crippen LogP contribution in [0.1, 0.15) is 24.4 Å². The van der Waals surface area contributed by atoms with E-state index in [-0.39, 0.29) is 0 Å². The molecule has 1 N–H and O–H groups in total. The molecule has 0 radical (unpaired) electrons. The van der Waals surface area contributed by atoms with Crippen molar-refractivity contribution < 1.29 is 9.52 Å². The number of hydrogen-bond donors (Lipinski definition) is 1. The van der Waals surface area contributed by atoms with Gasteiger partial charge >= 0.3 is 0 Å². The van der Waals surface area contributed by atoms with Crippen LogP contribution in [-0.2, 0) is 0 Å². The van der Waals surface area contributed by atoms with Gasteiger partial charge in [-0.2, -0.15) is 0 Å². The summed E-state index contributed by atoms with van der Waals surface area (Å²) in [5.41, 5.74) is 1.94. The van der Waals surface area contributed by atoms with E-state index in [9.17, 15) is 5.11 Å². The number of hydrogen-bond acceptors (Lipinski definition) is 2. The van der Waals surface area contributed by atoms with Crippen LogP contribution in [0.15, 0.2) is 34.7 Å². The highest BCUT2D eigenvalue weighted by atomic mass is 35.5. The Morgan fingerprint density at radius 1 is 1.25 bits per heavy atom. The summed E-state index contributed by atoms with van der Waals surface area (Å²) in [6.45, 7) is 3.62. The summed E-state index contributed by atoms with van der Waals surface area (Å²) in [5, 5.41) is 10.1. The van der Waals surface area contributed by atoms with Gasteiger partial charge in [-0.3, -0.25) is 0 Å². The molecular weight excluding hydrogens is 224 g/mol. The minimum absolute atomic E-state index is 0.564. The van der Waals surface area contributed by atoms with Crippen LogP contribution in [0.25, 0.3) is 11.3 Å². The number of benzene rings is 1. The molecule has 1 aromatic heterocycles. The zero-order valence-corrected chi connectivity index (χ0v) is 9.95. The van der Waals surface area contributed by atoms with Gasteiger partial charge in [0.05, 0.1) is 0 Å². The summed E-state index contributed by atoms with van der Waals surface area (Å²) in [6, 6.07) is 9.31. The number of furan rings is 1. The van der Waals surface area contributed by atoms with E-state index in [4.69, 9.17) is 16.0 Å². The Morgan fingerprint density at radius 3 is 2.62 bits per heavy atom. The Kier molecular flexibility index (Phi) is 3.03. The van der Waals surface area contributed by atoms with Gasteiger partial charge in [-0.1, -0.05) is 23.7 Å². The van der Waals surface area contributed by atoms with E-state index >= 15 is 0 Å². The molecule has 84 valence electrons. The third-order valence-electron chi connectivity index (χ3n) is 2.57. The van der Waals surface area contributed by atoms with Crippen LogP contribution in [0.5, 0.6) is 0 Å². The van der Waals surface area contributed by atoms with E-state index in [1.165, 1.54) is 0 Å². The zero-order valence-electron chi connectivity index (χ0n) is 9.20. The summed E-state index contributed by atoms with van der Waals surface area (Å²) in [7, 11) is 0. The maximum Gasteiger partial charge on any atom is 0.134 e. The van der Waals surface area contributed by atoms with Crippen molar-refractivity contribution in [2.24, 2.45) is 0 Å². The van der Waals surface area contributed by atoms with E-state index in [0.29, 0.717) is 10.8 Å². The summed E-state index contributed by atoms with van der Waals surface area (Å²) >= 11 is 6.04. The average molecular weight is 237 g/mol. The first-order valence-electron chi connectivity index (χ1n) is 5.13. The quantitative estimate of drug-likeness (QED) is 0.856. The van der Waals surface area contributed by atoms with Crippen LogP contribution in [0.3, 0.4) is 0 Å². The number of rotatable bonds is 2. The summed E-state index contributed by atoms with van der Waals surface area (Å²) < 4.78 is 5.56. The summed E-state index contributed by atoms with van der Waals surface area (Å²) in [6.07, 6.45) is -0.590. The fourth-order valence-electron chi connectivity index (χ4n) is 1.60. The molecule has 0 amide bonds. The lowest BCUT2D eigenvalue weighted by Crippen LogP contribution is -1.86. The molecular formula is C13H13ClO2. The van der Waals surface area contributed by atoms with E-state index in [1.54, 1.807) is 13.0 Å². The number of aliphatic hydroxyl groups excluding tert-OH is 1. The summed E-state index contributed by atoms with van der Waals surface area (Å²) in [4.78, 5) is 0. The van der Waals surface area contributed by atoms with Crippen LogP contribution in [0.4, 0.5) is 0 Å². The Bertz CT molecular complexity index is 500. The lowest BCUT2D eigenvalue weighted by Gasteiger charge is -2.04. The molecule has 1 unspecified atom stereocenters. The zero-order chi connectivity index (χ0) is 11.7. The molecule has 2 aromatic rings. The van der Waals surface area contributed by atoms with E-state index in [2.05, 4.69) is 0 Å². The monoisotopic (exact) mass is 236 g/mol. The maximum atomic E-state index is 9.39. The second-order valence-corrected chi connectivity index (χ2v) is 4.20. The van der Waals surface area contributed by atoms with Gasteiger partial charge in [0.1, 0.15) is 17.6 Å². The van der Waals surface area contributed by atoms with Gasteiger partial charge in [0.15, 0.2) is 0 Å². The van der Waals surface area contributed by atoms with Crippen molar-refractivity contribution in [1.29, 1.82) is 0 Å². The molecule has 0 bridgehead atoms. The van der Waals surface area contributed by atoms with E-state index < -0.39 is 6.10 Å². The Morgan fingerprint density at radius 2 is 2.00 bits per heavy atom. The van der Waals surface area contributed by atoms with E-state index in [1.807, 2.05) is 31.2 Å². The van der Waals surface area contributed by atoms with Crippen LogP contribution >= 0.6 is 11.6 Å². The first-order valence-corrected chi connectivity index (χ1v) is 5.50. The van der Waals surface area contributed by atoms with Crippen molar-refractivity contribution >= 4 is 11.6 Å². The first kappa shape index (κ1) is 11.2. The predicted molar refractivity (Wildman–Crippen MR) is 64.5 cm³/mol. The highest BCUT2D eigenvalue weighted by Crippen LogP contribution is 2.30. The molecule has 0 aliphatic carbocycles. The smallest absolute Gasteiger partial charge is 0.134 e. The highest BCUT2D eigenvalue weighted by molar-refractivity contribution is 6.31. The van der Waals surface area contributed by atoms with Gasteiger partial charge in [0.2, 0.25) is 0 Å². The second kappa shape index (κ2) is 4.32. The molecule has 2 nitrogen and oxygen atoms in total. The van der Waals surface area contributed by atoms with Crippen molar-refractivity contribution in [2.75, 3.05) is 0 Å². The van der Waals surface area contributed by atoms with Crippen LogP contribution in [0.2, 0.25) is 5.02 Å². The molecule has 0 aliphatic rings. The second-order valence-electron chi connectivity index (χ2n) is 3.79. The van der Waals surface area contributed by atoms with E-state index in [0.717, 1.165) is 16.9 Å². The molecule has 0 saturated carbocycles. The van der Waals surface area contributed by atoms with Crippen molar-refractivity contribution in [3.63, 3.8) is 0 Å². The largest absolute Gasteiger partial charge is 0.458 e. The summed E-state index contributed by atoms with van der Waals surface area (Å²) in [5.74, 6) is 1.30. The third-order valence-corrected chi connectivity index (χ3v) is 2.98. The molecule has 1 atom stereocenters. The molecule has 1 heterocycles. The van der Waals surface area contributed by atoms with Crippen molar-refractivity contribution in [2.45, 2.75) is 20.0 Å². The van der Waals surface area contributed by atoms with Crippen LogP contribution < -0.4 is 0 Å². The highest BCUT2D eigenvalue weighted by Gasteiger charge is 2.11. The molecule has 0 aliphatic heterocycles. The van der Waals surface area contributed by atoms with Crippen molar-refractivity contribution in [3.8, 4) is 11.3 Å². The third kappa shape index (κ3) is 1.99. The molecule has 0 fully saturated rings. The lowest BCUT2D eigenvalue weighted by molar-refractivity contribution is 0.170. The Balaban J connectivity index is 2.47. The van der Waals surface area contributed by atoms with Crippen molar-refractivity contribution in [3.05, 3.63) is 46.7 Å². The Hall–Kier alpha value is -1.25. The van der Waals surface area contributed by atoms with Gasteiger partial charge in [0.25, 0.3) is 0 Å². The predicted octanol–water partition coefficient (Wildman–Crippen LogP) is 3.96. The van der Waals surface area contributed by atoms with Gasteiger partial charge in [-0.15, -0.1) is 0 Å². The fourth-order valence-corrected chi connectivity index (χ4v) is 1.77.